The van der Waals surface area contributed by atoms with Crippen molar-refractivity contribution in [3.8, 4) is 0 Å². The predicted molar refractivity (Wildman–Crippen MR) is 91.0 cm³/mol. The Morgan fingerprint density at radius 3 is 2.08 bits per heavy atom. The van der Waals surface area contributed by atoms with Crippen molar-refractivity contribution in [2.75, 3.05) is 13.2 Å². The van der Waals surface area contributed by atoms with E-state index in [-0.39, 0.29) is 18.4 Å². The molecule has 0 N–H and O–H groups in total. The molecule has 2 heterocycles. The lowest BCUT2D eigenvalue weighted by Gasteiger charge is -2.29. The van der Waals surface area contributed by atoms with Crippen molar-refractivity contribution >= 4 is 11.8 Å². The zero-order valence-electron chi connectivity index (χ0n) is 14.0. The molecule has 0 aliphatic carbocycles. The minimum Gasteiger partial charge on any atom is -0.343 e. The Morgan fingerprint density at radius 2 is 1.48 bits per heavy atom. The number of carbonyl (C=O) groups excluding carboxylic acids is 2. The molecule has 0 bridgehead atoms. The third-order valence-electron chi connectivity index (χ3n) is 4.85. The van der Waals surface area contributed by atoms with Crippen LogP contribution < -0.4 is 0 Å². The van der Waals surface area contributed by atoms with E-state index >= 15 is 0 Å². The van der Waals surface area contributed by atoms with Crippen molar-refractivity contribution in [1.29, 1.82) is 0 Å². The molecule has 5 nitrogen and oxygen atoms in total. The highest BCUT2D eigenvalue weighted by Gasteiger charge is 2.40. The first-order valence-electron chi connectivity index (χ1n) is 8.48. The van der Waals surface area contributed by atoms with Gasteiger partial charge in [-0.1, -0.05) is 43.3 Å². The number of nitrogens with zero attached hydrogens (tertiary/aromatic N) is 1. The fourth-order valence-electron chi connectivity index (χ4n) is 3.59. The number of benzene rings is 2. The molecule has 2 aromatic carbocycles. The molecule has 2 aliphatic heterocycles. The van der Waals surface area contributed by atoms with Gasteiger partial charge in [0.1, 0.15) is 0 Å². The van der Waals surface area contributed by atoms with Crippen LogP contribution in [0.15, 0.2) is 48.5 Å². The number of hydrogen-bond acceptors (Lipinski definition) is 4. The topological polar surface area (TPSA) is 55.8 Å². The first-order chi connectivity index (χ1) is 12.2. The summed E-state index contributed by atoms with van der Waals surface area (Å²) in [5.74, 6) is -1.31. The highest BCUT2D eigenvalue weighted by atomic mass is 16.7. The maximum absolute atomic E-state index is 12.6. The summed E-state index contributed by atoms with van der Waals surface area (Å²) >= 11 is 0. The molecule has 2 aromatic rings. The van der Waals surface area contributed by atoms with Gasteiger partial charge in [0.25, 0.3) is 11.8 Å². The van der Waals surface area contributed by atoms with E-state index in [2.05, 4.69) is 0 Å². The van der Waals surface area contributed by atoms with Crippen LogP contribution in [0.3, 0.4) is 0 Å². The fraction of sp³-hybridized carbons (Fsp3) is 0.300. The minimum atomic E-state index is -0.796. The number of rotatable bonds is 4. The van der Waals surface area contributed by atoms with Crippen molar-refractivity contribution in [2.24, 2.45) is 0 Å². The largest absolute Gasteiger partial charge is 0.343 e. The van der Waals surface area contributed by atoms with E-state index in [0.717, 1.165) is 11.1 Å². The van der Waals surface area contributed by atoms with Gasteiger partial charge >= 0.3 is 0 Å². The molecule has 2 aliphatic rings. The summed E-state index contributed by atoms with van der Waals surface area (Å²) in [4.78, 5) is 26.6. The summed E-state index contributed by atoms with van der Waals surface area (Å²) in [6.45, 7) is 3.28. The molecule has 0 radical (unpaired) electrons. The Balaban J connectivity index is 1.69. The predicted octanol–water partition coefficient (Wildman–Crippen LogP) is 3.09. The van der Waals surface area contributed by atoms with Crippen LogP contribution in [0.2, 0.25) is 0 Å². The van der Waals surface area contributed by atoms with Crippen molar-refractivity contribution in [3.05, 3.63) is 70.8 Å². The molecule has 2 amide bonds. The molecule has 1 fully saturated rings. The second kappa shape index (κ2) is 6.10. The van der Waals surface area contributed by atoms with E-state index in [1.54, 1.807) is 24.3 Å². The molecule has 4 rings (SSSR count). The average molecular weight is 337 g/mol. The van der Waals surface area contributed by atoms with Crippen LogP contribution in [0.4, 0.5) is 0 Å². The van der Waals surface area contributed by atoms with Gasteiger partial charge in [0, 0.05) is 12.0 Å². The Kier molecular flexibility index (Phi) is 3.90. The Hall–Kier alpha value is -2.50. The lowest BCUT2D eigenvalue weighted by Crippen LogP contribution is -2.32. The van der Waals surface area contributed by atoms with Crippen molar-refractivity contribution in [2.45, 2.75) is 25.7 Å². The molecular formula is C20H19NO4. The number of hydrogen-bond donors (Lipinski definition) is 0. The summed E-state index contributed by atoms with van der Waals surface area (Å²) in [7, 11) is 0. The fourth-order valence-corrected chi connectivity index (χ4v) is 3.59. The summed E-state index contributed by atoms with van der Waals surface area (Å²) in [5, 5.41) is 0. The SMILES string of the molecule is CCC1(c2ccccc2CN2C(=O)c3ccccc3C2=O)OCCO1. The van der Waals surface area contributed by atoms with Crippen molar-refractivity contribution in [1.82, 2.24) is 4.90 Å². The van der Waals surface area contributed by atoms with Crippen LogP contribution in [-0.2, 0) is 21.8 Å². The Bertz CT molecular complexity index is 804. The summed E-state index contributed by atoms with van der Waals surface area (Å²) in [6, 6.07) is 14.6. The maximum Gasteiger partial charge on any atom is 0.261 e. The average Bonchev–Trinajstić information content (AvgIpc) is 3.23. The van der Waals surface area contributed by atoms with Crippen LogP contribution in [0.5, 0.6) is 0 Å². The van der Waals surface area contributed by atoms with Gasteiger partial charge in [-0.05, 0) is 17.7 Å². The summed E-state index contributed by atoms with van der Waals surface area (Å²) in [5.41, 5.74) is 2.67. The second-order valence-corrected chi connectivity index (χ2v) is 6.20. The van der Waals surface area contributed by atoms with Gasteiger partial charge < -0.3 is 9.47 Å². The normalized spacial score (nSPS) is 18.7. The third kappa shape index (κ3) is 2.47. The Labute approximate surface area is 146 Å². The maximum atomic E-state index is 12.6. The van der Waals surface area contributed by atoms with Gasteiger partial charge in [0.05, 0.1) is 30.9 Å². The van der Waals surface area contributed by atoms with Crippen molar-refractivity contribution < 1.29 is 19.1 Å². The van der Waals surface area contributed by atoms with Gasteiger partial charge in [-0.25, -0.2) is 0 Å². The van der Waals surface area contributed by atoms with Crippen LogP contribution in [0, 0.1) is 0 Å². The molecule has 128 valence electrons. The van der Waals surface area contributed by atoms with E-state index in [1.165, 1.54) is 4.90 Å². The Morgan fingerprint density at radius 1 is 0.920 bits per heavy atom. The molecule has 0 saturated carbocycles. The molecule has 0 aromatic heterocycles. The number of carbonyl (C=O) groups is 2. The number of ether oxygens (including phenoxy) is 2. The zero-order valence-corrected chi connectivity index (χ0v) is 14.0. The van der Waals surface area contributed by atoms with Gasteiger partial charge in [0.15, 0.2) is 5.79 Å². The lowest BCUT2D eigenvalue weighted by molar-refractivity contribution is -0.168. The lowest BCUT2D eigenvalue weighted by atomic mass is 9.96. The van der Waals surface area contributed by atoms with Gasteiger partial charge in [-0.15, -0.1) is 0 Å². The standard InChI is InChI=1S/C20H19NO4/c1-2-20(24-11-12-25-20)17-10-6-3-7-14(17)13-21-18(22)15-8-4-5-9-16(15)19(21)23/h3-10H,2,11-13H2,1H3. The van der Waals surface area contributed by atoms with Crippen LogP contribution in [0.1, 0.15) is 45.2 Å². The smallest absolute Gasteiger partial charge is 0.261 e. The third-order valence-corrected chi connectivity index (χ3v) is 4.85. The molecular weight excluding hydrogens is 318 g/mol. The molecule has 25 heavy (non-hydrogen) atoms. The van der Waals surface area contributed by atoms with Gasteiger partial charge in [-0.2, -0.15) is 0 Å². The van der Waals surface area contributed by atoms with E-state index in [1.807, 2.05) is 31.2 Å². The van der Waals surface area contributed by atoms with Gasteiger partial charge in [0.2, 0.25) is 0 Å². The highest BCUT2D eigenvalue weighted by Crippen LogP contribution is 2.37. The van der Waals surface area contributed by atoms with Crippen molar-refractivity contribution in [3.63, 3.8) is 0 Å². The monoisotopic (exact) mass is 337 g/mol. The number of amides is 2. The van der Waals surface area contributed by atoms with E-state index in [0.29, 0.717) is 30.8 Å². The highest BCUT2D eigenvalue weighted by molar-refractivity contribution is 6.21. The summed E-state index contributed by atoms with van der Waals surface area (Å²) < 4.78 is 11.8. The second-order valence-electron chi connectivity index (χ2n) is 6.20. The molecule has 0 spiro atoms. The number of fused-ring (bicyclic) bond motifs is 1. The van der Waals surface area contributed by atoms with E-state index in [4.69, 9.17) is 9.47 Å². The molecule has 1 saturated heterocycles. The molecule has 0 atom stereocenters. The van der Waals surface area contributed by atoms with Crippen LogP contribution >= 0.6 is 0 Å². The number of imide groups is 1. The first-order valence-corrected chi connectivity index (χ1v) is 8.48. The van der Waals surface area contributed by atoms with Crippen LogP contribution in [-0.4, -0.2) is 29.9 Å². The van der Waals surface area contributed by atoms with E-state index in [9.17, 15) is 9.59 Å². The van der Waals surface area contributed by atoms with Crippen LogP contribution in [0.25, 0.3) is 0 Å². The van der Waals surface area contributed by atoms with Gasteiger partial charge in [-0.3, -0.25) is 14.5 Å². The minimum absolute atomic E-state index is 0.205. The molecule has 0 unspecified atom stereocenters. The van der Waals surface area contributed by atoms with E-state index < -0.39 is 5.79 Å². The first kappa shape index (κ1) is 16.0. The molecule has 5 heteroatoms. The summed E-state index contributed by atoms with van der Waals surface area (Å²) in [6.07, 6.45) is 0.659. The zero-order chi connectivity index (χ0) is 17.4. The quantitative estimate of drug-likeness (QED) is 0.805.